The molecule has 0 bridgehead atoms. The van der Waals surface area contributed by atoms with Crippen LogP contribution in [-0.4, -0.2) is 70.7 Å². The number of carbonyl (C=O) groups excluding carboxylic acids is 1. The molecule has 0 atom stereocenters. The summed E-state index contributed by atoms with van der Waals surface area (Å²) in [6, 6.07) is 8.18. The van der Waals surface area contributed by atoms with E-state index in [2.05, 4.69) is 21.6 Å². The van der Waals surface area contributed by atoms with E-state index in [1.165, 1.54) is 9.87 Å². The number of nitrogens with zero attached hydrogens (tertiary/aromatic N) is 2. The minimum Gasteiger partial charge on any atom is -0.369 e. The normalized spacial score (nSPS) is 16.0. The zero-order valence-corrected chi connectivity index (χ0v) is 15.8. The topological polar surface area (TPSA) is 81.7 Å². The number of piperazine rings is 1. The van der Waals surface area contributed by atoms with Gasteiger partial charge in [-0.2, -0.15) is 4.31 Å². The zero-order valence-electron chi connectivity index (χ0n) is 15.0. The smallest absolute Gasteiger partial charge is 0.236 e. The molecule has 0 aromatic heterocycles. The first-order valence-corrected chi connectivity index (χ1v) is 10.2. The maximum Gasteiger partial charge on any atom is 0.236 e. The van der Waals surface area contributed by atoms with Gasteiger partial charge in [0.2, 0.25) is 15.9 Å². The predicted octanol–water partition coefficient (Wildman–Crippen LogP) is 0.173. The van der Waals surface area contributed by atoms with E-state index in [1.807, 2.05) is 32.2 Å². The predicted molar refractivity (Wildman–Crippen MR) is 100 cm³/mol. The lowest BCUT2D eigenvalue weighted by Gasteiger charge is -2.35. The Hall–Kier alpha value is -1.64. The summed E-state index contributed by atoms with van der Waals surface area (Å²) in [4.78, 5) is 14.0. The molecular formula is C17H28N4O3S. The van der Waals surface area contributed by atoms with Gasteiger partial charge in [0.25, 0.3) is 0 Å². The Morgan fingerprint density at radius 2 is 1.88 bits per heavy atom. The Labute approximate surface area is 150 Å². The summed E-state index contributed by atoms with van der Waals surface area (Å²) in [7, 11) is -1.72. The molecule has 2 rings (SSSR count). The van der Waals surface area contributed by atoms with Gasteiger partial charge in [-0.05, 0) is 44.6 Å². The first kappa shape index (κ1) is 19.7. The second-order valence-electron chi connectivity index (χ2n) is 6.29. The fraction of sp³-hybridized carbons (Fsp3) is 0.588. The molecule has 1 aliphatic rings. The molecule has 140 valence electrons. The molecule has 25 heavy (non-hydrogen) atoms. The van der Waals surface area contributed by atoms with E-state index in [-0.39, 0.29) is 0 Å². The van der Waals surface area contributed by atoms with Gasteiger partial charge in [0.15, 0.2) is 0 Å². The van der Waals surface area contributed by atoms with Crippen molar-refractivity contribution < 1.29 is 13.2 Å². The molecule has 1 fully saturated rings. The first-order valence-electron chi connectivity index (χ1n) is 8.63. The quantitative estimate of drug-likeness (QED) is 0.640. The fourth-order valence-corrected chi connectivity index (χ4v) is 4.19. The van der Waals surface area contributed by atoms with E-state index in [0.29, 0.717) is 32.7 Å². The van der Waals surface area contributed by atoms with Crippen LogP contribution in [0.4, 0.5) is 5.69 Å². The van der Waals surface area contributed by atoms with Crippen molar-refractivity contribution in [3.8, 4) is 0 Å². The van der Waals surface area contributed by atoms with Crippen LogP contribution >= 0.6 is 0 Å². The maximum absolute atomic E-state index is 12.4. The molecule has 7 nitrogen and oxygen atoms in total. The van der Waals surface area contributed by atoms with Crippen molar-refractivity contribution >= 4 is 21.6 Å². The van der Waals surface area contributed by atoms with E-state index in [0.717, 1.165) is 18.7 Å². The number of hydrogen-bond donors (Lipinski definition) is 2. The number of nitrogens with one attached hydrogen (secondary N) is 2. The maximum atomic E-state index is 12.4. The van der Waals surface area contributed by atoms with Crippen LogP contribution in [0.1, 0.15) is 12.0 Å². The van der Waals surface area contributed by atoms with Crippen molar-refractivity contribution in [1.82, 2.24) is 14.9 Å². The van der Waals surface area contributed by atoms with Gasteiger partial charge in [0.05, 0.1) is 0 Å². The molecule has 0 aliphatic carbocycles. The number of amides is 1. The number of hydrogen-bond acceptors (Lipinski definition) is 5. The Morgan fingerprint density at radius 3 is 2.52 bits per heavy atom. The highest BCUT2D eigenvalue weighted by atomic mass is 32.2. The molecule has 1 amide bonds. The van der Waals surface area contributed by atoms with Crippen LogP contribution in [0.5, 0.6) is 0 Å². The molecule has 0 saturated carbocycles. The Balaban J connectivity index is 1.83. The molecule has 0 spiro atoms. The van der Waals surface area contributed by atoms with Gasteiger partial charge in [-0.3, -0.25) is 4.79 Å². The third-order valence-corrected chi connectivity index (χ3v) is 6.02. The van der Waals surface area contributed by atoms with Crippen molar-refractivity contribution in [3.05, 3.63) is 29.8 Å². The van der Waals surface area contributed by atoms with Crippen molar-refractivity contribution in [2.75, 3.05) is 57.0 Å². The summed E-state index contributed by atoms with van der Waals surface area (Å²) >= 11 is 0. The average molecular weight is 369 g/mol. The summed E-state index contributed by atoms with van der Waals surface area (Å²) < 4.78 is 26.3. The number of rotatable bonds is 8. The minimum absolute atomic E-state index is 0.406. The molecule has 0 unspecified atom stereocenters. The van der Waals surface area contributed by atoms with Gasteiger partial charge in [-0.25, -0.2) is 8.42 Å². The fourth-order valence-electron chi connectivity index (χ4n) is 2.85. The van der Waals surface area contributed by atoms with Crippen LogP contribution in [0.15, 0.2) is 24.3 Å². The Kier molecular flexibility index (Phi) is 7.22. The summed E-state index contributed by atoms with van der Waals surface area (Å²) in [5.41, 5.74) is 2.29. The van der Waals surface area contributed by atoms with Crippen LogP contribution in [-0.2, 0) is 14.8 Å². The largest absolute Gasteiger partial charge is 0.369 e. The van der Waals surface area contributed by atoms with Crippen LogP contribution < -0.4 is 15.5 Å². The SMILES string of the molecule is CNCCCNC(=O)CS(=O)(=O)N1CCN(c2cccc(C)c2)CC1. The van der Waals surface area contributed by atoms with Gasteiger partial charge in [-0.1, -0.05) is 12.1 Å². The molecule has 1 aliphatic heterocycles. The van der Waals surface area contributed by atoms with E-state index < -0.39 is 21.7 Å². The molecule has 8 heteroatoms. The third kappa shape index (κ3) is 5.98. The van der Waals surface area contributed by atoms with E-state index in [4.69, 9.17) is 0 Å². The van der Waals surface area contributed by atoms with Gasteiger partial charge in [0.1, 0.15) is 5.75 Å². The lowest BCUT2D eigenvalue weighted by atomic mass is 10.2. The Bertz CT molecular complexity index is 670. The number of anilines is 1. The Morgan fingerprint density at radius 1 is 1.16 bits per heavy atom. The summed E-state index contributed by atoms with van der Waals surface area (Å²) in [5.74, 6) is -0.908. The summed E-state index contributed by atoms with van der Waals surface area (Å²) in [6.45, 7) is 5.38. The van der Waals surface area contributed by atoms with Crippen LogP contribution in [0.25, 0.3) is 0 Å². The summed E-state index contributed by atoms with van der Waals surface area (Å²) in [6.07, 6.45) is 0.775. The third-order valence-electron chi connectivity index (χ3n) is 4.24. The first-order chi connectivity index (χ1) is 11.9. The minimum atomic E-state index is -3.56. The van der Waals surface area contributed by atoms with Gasteiger partial charge in [-0.15, -0.1) is 0 Å². The van der Waals surface area contributed by atoms with E-state index in [1.54, 1.807) is 0 Å². The van der Waals surface area contributed by atoms with Crippen LogP contribution in [0.2, 0.25) is 0 Å². The number of carbonyl (C=O) groups is 1. The second-order valence-corrected chi connectivity index (χ2v) is 8.26. The molecule has 0 radical (unpaired) electrons. The van der Waals surface area contributed by atoms with Crippen LogP contribution in [0.3, 0.4) is 0 Å². The second kappa shape index (κ2) is 9.17. The highest BCUT2D eigenvalue weighted by Crippen LogP contribution is 2.18. The molecule has 2 N–H and O–H groups in total. The van der Waals surface area contributed by atoms with Gasteiger partial charge < -0.3 is 15.5 Å². The number of benzene rings is 1. The molecule has 1 aromatic rings. The van der Waals surface area contributed by atoms with E-state index >= 15 is 0 Å². The average Bonchev–Trinajstić information content (AvgIpc) is 2.58. The van der Waals surface area contributed by atoms with Crippen molar-refractivity contribution in [2.45, 2.75) is 13.3 Å². The molecule has 1 heterocycles. The number of aryl methyl sites for hydroxylation is 1. The lowest BCUT2D eigenvalue weighted by molar-refractivity contribution is -0.118. The number of sulfonamides is 1. The molecule has 1 saturated heterocycles. The standard InChI is InChI=1S/C17H28N4O3S/c1-15-5-3-6-16(13-15)20-9-11-21(12-10-20)25(23,24)14-17(22)19-8-4-7-18-2/h3,5-6,13,18H,4,7-12,14H2,1-2H3,(H,19,22). The summed E-state index contributed by atoms with van der Waals surface area (Å²) in [5, 5.41) is 5.64. The molecule has 1 aromatic carbocycles. The van der Waals surface area contributed by atoms with E-state index in [9.17, 15) is 13.2 Å². The van der Waals surface area contributed by atoms with Crippen molar-refractivity contribution in [1.29, 1.82) is 0 Å². The van der Waals surface area contributed by atoms with Gasteiger partial charge in [0, 0.05) is 38.4 Å². The monoisotopic (exact) mass is 368 g/mol. The van der Waals surface area contributed by atoms with Crippen molar-refractivity contribution in [3.63, 3.8) is 0 Å². The lowest BCUT2D eigenvalue weighted by Crippen LogP contribution is -2.50. The highest BCUT2D eigenvalue weighted by Gasteiger charge is 2.28. The van der Waals surface area contributed by atoms with Crippen LogP contribution in [0, 0.1) is 6.92 Å². The molecular weight excluding hydrogens is 340 g/mol. The highest BCUT2D eigenvalue weighted by molar-refractivity contribution is 7.89. The van der Waals surface area contributed by atoms with Crippen molar-refractivity contribution in [2.24, 2.45) is 0 Å². The van der Waals surface area contributed by atoms with Gasteiger partial charge >= 0.3 is 0 Å². The zero-order chi connectivity index (χ0) is 18.3.